The van der Waals surface area contributed by atoms with Crippen LogP contribution in [0.2, 0.25) is 0 Å². The van der Waals surface area contributed by atoms with E-state index in [1.54, 1.807) is 0 Å². The molecule has 1 amide bonds. The quantitative estimate of drug-likeness (QED) is 0.805. The van der Waals surface area contributed by atoms with Crippen molar-refractivity contribution in [3.8, 4) is 5.75 Å². The number of benzene rings is 1. The molecule has 112 valence electrons. The van der Waals surface area contributed by atoms with Crippen LogP contribution in [0.4, 0.5) is 5.69 Å². The summed E-state index contributed by atoms with van der Waals surface area (Å²) < 4.78 is 5.63. The largest absolute Gasteiger partial charge is 0.493 e. The molecular weight excluding hydrogens is 252 g/mol. The van der Waals surface area contributed by atoms with Crippen LogP contribution in [-0.4, -0.2) is 18.1 Å². The molecule has 4 heteroatoms. The summed E-state index contributed by atoms with van der Waals surface area (Å²) in [6.07, 6.45) is 1.07. The predicted octanol–water partition coefficient (Wildman–Crippen LogP) is 3.18. The summed E-state index contributed by atoms with van der Waals surface area (Å²) in [7, 11) is 0. The van der Waals surface area contributed by atoms with Crippen molar-refractivity contribution < 1.29 is 9.53 Å². The average molecular weight is 278 g/mol. The first-order valence-corrected chi connectivity index (χ1v) is 7.08. The Morgan fingerprint density at radius 3 is 2.70 bits per heavy atom. The van der Waals surface area contributed by atoms with E-state index < -0.39 is 0 Å². The third kappa shape index (κ3) is 7.14. The molecule has 1 aromatic rings. The van der Waals surface area contributed by atoms with Gasteiger partial charge in [-0.2, -0.15) is 0 Å². The molecule has 0 fully saturated rings. The fraction of sp³-hybridized carbons (Fsp3) is 0.562. The summed E-state index contributed by atoms with van der Waals surface area (Å²) in [6.45, 7) is 8.69. The second kappa shape index (κ2) is 7.29. The van der Waals surface area contributed by atoms with Gasteiger partial charge in [0.25, 0.3) is 0 Å². The van der Waals surface area contributed by atoms with E-state index in [1.165, 1.54) is 0 Å². The Morgan fingerprint density at radius 2 is 2.10 bits per heavy atom. The molecule has 0 saturated carbocycles. The van der Waals surface area contributed by atoms with Crippen LogP contribution in [0, 0.1) is 5.92 Å². The van der Waals surface area contributed by atoms with Crippen LogP contribution < -0.4 is 15.8 Å². The fourth-order valence-electron chi connectivity index (χ4n) is 1.59. The van der Waals surface area contributed by atoms with Crippen molar-refractivity contribution in [2.75, 3.05) is 11.9 Å². The molecular formula is C16H26N2O2. The molecule has 0 saturated heterocycles. The summed E-state index contributed by atoms with van der Waals surface area (Å²) in [5.74, 6) is 1.22. The van der Waals surface area contributed by atoms with Gasteiger partial charge in [0.2, 0.25) is 5.91 Å². The topological polar surface area (TPSA) is 64.3 Å². The van der Waals surface area contributed by atoms with E-state index in [9.17, 15) is 4.79 Å². The predicted molar refractivity (Wildman–Crippen MR) is 82.9 cm³/mol. The Morgan fingerprint density at radius 1 is 1.40 bits per heavy atom. The monoisotopic (exact) mass is 278 g/mol. The number of carbonyl (C=O) groups excluding carboxylic acids is 1. The molecule has 0 heterocycles. The smallest absolute Gasteiger partial charge is 0.224 e. The molecule has 0 atom stereocenters. The maximum absolute atomic E-state index is 11.8. The van der Waals surface area contributed by atoms with Gasteiger partial charge in [-0.25, -0.2) is 0 Å². The summed E-state index contributed by atoms with van der Waals surface area (Å²) in [5.41, 5.74) is 6.30. The van der Waals surface area contributed by atoms with Gasteiger partial charge >= 0.3 is 0 Å². The van der Waals surface area contributed by atoms with E-state index in [4.69, 9.17) is 10.5 Å². The minimum atomic E-state index is -0.320. The molecule has 0 bridgehead atoms. The van der Waals surface area contributed by atoms with Gasteiger partial charge in [-0.3, -0.25) is 4.79 Å². The average Bonchev–Trinajstić information content (AvgIpc) is 2.34. The Hall–Kier alpha value is -1.55. The molecule has 0 aliphatic carbocycles. The van der Waals surface area contributed by atoms with Crippen molar-refractivity contribution in [1.29, 1.82) is 0 Å². The van der Waals surface area contributed by atoms with Crippen molar-refractivity contribution >= 4 is 11.6 Å². The Labute approximate surface area is 121 Å². The molecule has 0 unspecified atom stereocenters. The summed E-state index contributed by atoms with van der Waals surface area (Å²) in [6, 6.07) is 7.46. The minimum absolute atomic E-state index is 0.0236. The highest BCUT2D eigenvalue weighted by Gasteiger charge is 2.13. The standard InChI is InChI=1S/C16H26N2O2/c1-12(2)11-20-14-7-5-6-13(10-14)18-15(19)8-9-16(3,4)17/h5-7,10,12H,8-9,11,17H2,1-4H3,(H,18,19). The Bertz CT molecular complexity index is 436. The number of anilines is 1. The van der Waals surface area contributed by atoms with Crippen LogP contribution in [-0.2, 0) is 4.79 Å². The lowest BCUT2D eigenvalue weighted by Gasteiger charge is -2.17. The van der Waals surface area contributed by atoms with E-state index in [2.05, 4.69) is 19.2 Å². The third-order valence-electron chi connectivity index (χ3n) is 2.70. The molecule has 1 aromatic carbocycles. The molecule has 0 aromatic heterocycles. The zero-order chi connectivity index (χ0) is 15.2. The molecule has 1 rings (SSSR count). The van der Waals surface area contributed by atoms with E-state index in [0.29, 0.717) is 25.4 Å². The van der Waals surface area contributed by atoms with Crippen LogP contribution in [0.3, 0.4) is 0 Å². The van der Waals surface area contributed by atoms with Crippen molar-refractivity contribution in [2.45, 2.75) is 46.1 Å². The number of carbonyl (C=O) groups is 1. The van der Waals surface area contributed by atoms with Gasteiger partial charge in [0.1, 0.15) is 5.75 Å². The normalized spacial score (nSPS) is 11.5. The zero-order valence-electron chi connectivity index (χ0n) is 12.9. The van der Waals surface area contributed by atoms with Crippen LogP contribution in [0.1, 0.15) is 40.5 Å². The summed E-state index contributed by atoms with van der Waals surface area (Å²) in [4.78, 5) is 11.8. The highest BCUT2D eigenvalue weighted by atomic mass is 16.5. The summed E-state index contributed by atoms with van der Waals surface area (Å²) >= 11 is 0. The maximum atomic E-state index is 11.8. The molecule has 0 radical (unpaired) electrons. The van der Waals surface area contributed by atoms with Gasteiger partial charge in [0.15, 0.2) is 0 Å². The van der Waals surface area contributed by atoms with Crippen molar-refractivity contribution in [3.63, 3.8) is 0 Å². The lowest BCUT2D eigenvalue weighted by Crippen LogP contribution is -2.33. The van der Waals surface area contributed by atoms with Crippen molar-refractivity contribution in [1.82, 2.24) is 0 Å². The van der Waals surface area contributed by atoms with Crippen LogP contribution >= 0.6 is 0 Å². The number of amides is 1. The lowest BCUT2D eigenvalue weighted by molar-refractivity contribution is -0.116. The first-order valence-electron chi connectivity index (χ1n) is 7.08. The number of rotatable bonds is 7. The van der Waals surface area contributed by atoms with Crippen molar-refractivity contribution in [2.24, 2.45) is 11.7 Å². The summed E-state index contributed by atoms with van der Waals surface area (Å²) in [5, 5.41) is 2.87. The number of ether oxygens (including phenoxy) is 1. The number of nitrogens with one attached hydrogen (secondary N) is 1. The Balaban J connectivity index is 2.51. The second-order valence-electron chi connectivity index (χ2n) is 6.27. The van der Waals surface area contributed by atoms with Gasteiger partial charge < -0.3 is 15.8 Å². The van der Waals surface area contributed by atoms with Gasteiger partial charge in [0.05, 0.1) is 6.61 Å². The van der Waals surface area contributed by atoms with Crippen LogP contribution in [0.25, 0.3) is 0 Å². The highest BCUT2D eigenvalue weighted by molar-refractivity contribution is 5.90. The number of nitrogens with two attached hydrogens (primary N) is 1. The van der Waals surface area contributed by atoms with E-state index in [-0.39, 0.29) is 11.4 Å². The fourth-order valence-corrected chi connectivity index (χ4v) is 1.59. The molecule has 20 heavy (non-hydrogen) atoms. The SMILES string of the molecule is CC(C)COc1cccc(NC(=O)CCC(C)(C)N)c1. The second-order valence-corrected chi connectivity index (χ2v) is 6.27. The molecule has 3 N–H and O–H groups in total. The number of hydrogen-bond acceptors (Lipinski definition) is 3. The van der Waals surface area contributed by atoms with Gasteiger partial charge in [-0.1, -0.05) is 19.9 Å². The minimum Gasteiger partial charge on any atom is -0.493 e. The van der Waals surface area contributed by atoms with Crippen LogP contribution in [0.15, 0.2) is 24.3 Å². The van der Waals surface area contributed by atoms with Gasteiger partial charge in [0, 0.05) is 23.7 Å². The van der Waals surface area contributed by atoms with Crippen molar-refractivity contribution in [3.05, 3.63) is 24.3 Å². The Kier molecular flexibility index (Phi) is 6.02. The number of hydrogen-bond donors (Lipinski definition) is 2. The van der Waals surface area contributed by atoms with E-state index in [1.807, 2.05) is 38.1 Å². The molecule has 0 aliphatic heterocycles. The molecule has 0 spiro atoms. The first-order chi connectivity index (χ1) is 9.26. The van der Waals surface area contributed by atoms with Gasteiger partial charge in [-0.15, -0.1) is 0 Å². The zero-order valence-corrected chi connectivity index (χ0v) is 12.9. The third-order valence-corrected chi connectivity index (χ3v) is 2.70. The van der Waals surface area contributed by atoms with E-state index in [0.717, 1.165) is 11.4 Å². The lowest BCUT2D eigenvalue weighted by atomic mass is 10.00. The van der Waals surface area contributed by atoms with Crippen LogP contribution in [0.5, 0.6) is 5.75 Å². The van der Waals surface area contributed by atoms with E-state index >= 15 is 0 Å². The molecule has 4 nitrogen and oxygen atoms in total. The maximum Gasteiger partial charge on any atom is 0.224 e. The molecule has 0 aliphatic rings. The first kappa shape index (κ1) is 16.5. The van der Waals surface area contributed by atoms with Gasteiger partial charge in [-0.05, 0) is 38.3 Å². The highest BCUT2D eigenvalue weighted by Crippen LogP contribution is 2.18.